The number of carbonyl (C=O) groups is 1. The first kappa shape index (κ1) is 26.0. The zero-order valence-corrected chi connectivity index (χ0v) is 24.1. The summed E-state index contributed by atoms with van der Waals surface area (Å²) in [4.78, 5) is 15.8. The van der Waals surface area contributed by atoms with E-state index < -0.39 is 0 Å². The summed E-state index contributed by atoms with van der Waals surface area (Å²) in [7, 11) is 0. The molecule has 0 radical (unpaired) electrons. The summed E-state index contributed by atoms with van der Waals surface area (Å²) in [6.45, 7) is 2.34. The van der Waals surface area contributed by atoms with Crippen LogP contribution in [-0.2, 0) is 11.8 Å². The van der Waals surface area contributed by atoms with Crippen molar-refractivity contribution in [3.05, 3.63) is 58.1 Å². The van der Waals surface area contributed by atoms with E-state index in [-0.39, 0.29) is 17.4 Å². The highest BCUT2D eigenvalue weighted by atomic mass is 35.5. The Hall–Kier alpha value is -1.89. The van der Waals surface area contributed by atoms with Crippen LogP contribution >= 0.6 is 23.5 Å². The number of rotatable bonds is 0. The van der Waals surface area contributed by atoms with E-state index in [9.17, 15) is 9.90 Å². The number of aliphatic hydroxyl groups excluding tert-OH is 1. The summed E-state index contributed by atoms with van der Waals surface area (Å²) in [5.41, 5.74) is 4.26. The predicted molar refractivity (Wildman–Crippen MR) is 158 cm³/mol. The number of nitrogens with zero attached hydrogens (tertiary/aromatic N) is 1. The summed E-state index contributed by atoms with van der Waals surface area (Å²) in [6.07, 6.45) is 10.8. The third-order valence-corrected chi connectivity index (χ3v) is 11.9. The van der Waals surface area contributed by atoms with Gasteiger partial charge in [-0.3, -0.25) is 9.52 Å². The number of amides is 1. The van der Waals surface area contributed by atoms with Gasteiger partial charge < -0.3 is 14.7 Å². The summed E-state index contributed by atoms with van der Waals surface area (Å²) >= 11 is 8.01. The van der Waals surface area contributed by atoms with Crippen LogP contribution < -0.4 is 14.4 Å². The van der Waals surface area contributed by atoms with Gasteiger partial charge in [-0.25, -0.2) is 0 Å². The van der Waals surface area contributed by atoms with Gasteiger partial charge in [-0.15, -0.1) is 0 Å². The van der Waals surface area contributed by atoms with Crippen molar-refractivity contribution < 1.29 is 14.6 Å². The van der Waals surface area contributed by atoms with E-state index in [0.717, 1.165) is 87.3 Å². The first-order valence-corrected chi connectivity index (χ1v) is 16.2. The van der Waals surface area contributed by atoms with Gasteiger partial charge in [0, 0.05) is 34.3 Å². The van der Waals surface area contributed by atoms with Crippen molar-refractivity contribution in [3.63, 3.8) is 0 Å². The fourth-order valence-corrected chi connectivity index (χ4v) is 9.17. The van der Waals surface area contributed by atoms with Gasteiger partial charge in [-0.1, -0.05) is 24.1 Å². The highest BCUT2D eigenvalue weighted by molar-refractivity contribution is 7.98. The minimum Gasteiger partial charge on any atom is -0.490 e. The number of hydrogen-bond donors (Lipinski definition) is 2. The molecule has 0 saturated heterocycles. The number of ether oxygens (including phenoxy) is 1. The number of aliphatic hydroxyl groups is 1. The minimum atomic E-state index is -0.219. The largest absolute Gasteiger partial charge is 0.490 e. The van der Waals surface area contributed by atoms with Gasteiger partial charge in [0.15, 0.2) is 0 Å². The zero-order valence-electron chi connectivity index (χ0n) is 22.5. The van der Waals surface area contributed by atoms with Crippen LogP contribution in [0, 0.1) is 17.8 Å². The minimum absolute atomic E-state index is 0.0194. The molecule has 2 bridgehead atoms. The smallest absolute Gasteiger partial charge is 0.261 e. The van der Waals surface area contributed by atoms with Gasteiger partial charge in [0.25, 0.3) is 5.91 Å². The molecule has 2 fully saturated rings. The molecule has 0 aromatic heterocycles. The molecular weight excluding hydrogens is 528 g/mol. The van der Waals surface area contributed by atoms with E-state index in [0.29, 0.717) is 35.2 Å². The molecule has 39 heavy (non-hydrogen) atoms. The van der Waals surface area contributed by atoms with Crippen molar-refractivity contribution in [1.29, 1.82) is 0 Å². The first-order valence-electron chi connectivity index (χ1n) is 14.9. The lowest BCUT2D eigenvalue weighted by Gasteiger charge is -2.46. The van der Waals surface area contributed by atoms with Crippen LogP contribution in [-0.4, -0.2) is 42.1 Å². The molecule has 7 heteroatoms. The standard InChI is InChI=1S/C32H39ClN2O3S/c33-24-9-11-26-21(15-24)4-2-14-32(26)18-35-17-23-6-10-25(23)28(36)5-1-3-20-8-13-30(20)39-34-31(37)22-7-12-29(38-19-32)27(35)16-22/h7,9,11-12,15-16,20,23,25,28,30,36H,1-6,8,10,13-14,17-19H2,(H,34,37)/t20-,23+,25-,28+,30-,32+/m1/s1. The Balaban J connectivity index is 1.25. The Morgan fingerprint density at radius 1 is 1.03 bits per heavy atom. The predicted octanol–water partition coefficient (Wildman–Crippen LogP) is 6.54. The van der Waals surface area contributed by atoms with Gasteiger partial charge in [0.05, 0.1) is 18.4 Å². The molecule has 2 N–H and O–H groups in total. The van der Waals surface area contributed by atoms with E-state index in [1.54, 1.807) is 11.9 Å². The lowest BCUT2D eigenvalue weighted by molar-refractivity contribution is 0.00799. The molecule has 2 aromatic rings. The zero-order chi connectivity index (χ0) is 26.6. The number of carbonyl (C=O) groups excluding carboxylic acids is 1. The average Bonchev–Trinajstić information content (AvgIpc) is 3.05. The number of fused-ring (bicyclic) bond motifs is 5. The Morgan fingerprint density at radius 3 is 2.74 bits per heavy atom. The van der Waals surface area contributed by atoms with Crippen molar-refractivity contribution in [1.82, 2.24) is 4.72 Å². The normalized spacial score (nSPS) is 34.3. The highest BCUT2D eigenvalue weighted by Crippen LogP contribution is 2.47. The third-order valence-electron chi connectivity index (χ3n) is 10.5. The van der Waals surface area contributed by atoms with E-state index >= 15 is 0 Å². The summed E-state index contributed by atoms with van der Waals surface area (Å²) in [5, 5.41) is 12.5. The molecule has 6 atom stereocenters. The number of nitrogens with one attached hydrogen (secondary N) is 1. The molecule has 3 aliphatic carbocycles. The van der Waals surface area contributed by atoms with Crippen molar-refractivity contribution in [2.45, 2.75) is 81.0 Å². The topological polar surface area (TPSA) is 61.8 Å². The second kappa shape index (κ2) is 10.5. The Kier molecular flexibility index (Phi) is 7.01. The van der Waals surface area contributed by atoms with Crippen LogP contribution in [0.4, 0.5) is 5.69 Å². The van der Waals surface area contributed by atoms with Crippen LogP contribution in [0.15, 0.2) is 36.4 Å². The molecule has 2 aromatic carbocycles. The maximum atomic E-state index is 13.3. The van der Waals surface area contributed by atoms with Crippen LogP contribution in [0.3, 0.4) is 0 Å². The van der Waals surface area contributed by atoms with E-state index in [1.165, 1.54) is 17.5 Å². The Labute approximate surface area is 241 Å². The molecule has 1 amide bonds. The molecule has 208 valence electrons. The Bertz CT molecular complexity index is 1260. The van der Waals surface area contributed by atoms with Crippen molar-refractivity contribution in [2.24, 2.45) is 17.8 Å². The lowest BCUT2D eigenvalue weighted by Crippen LogP contribution is -2.49. The second-order valence-electron chi connectivity index (χ2n) is 12.7. The fourth-order valence-electron chi connectivity index (χ4n) is 7.88. The first-order chi connectivity index (χ1) is 19.0. The van der Waals surface area contributed by atoms with Gasteiger partial charge in [0.2, 0.25) is 0 Å². The molecule has 5 aliphatic rings. The van der Waals surface area contributed by atoms with Gasteiger partial charge >= 0.3 is 0 Å². The molecule has 2 aliphatic heterocycles. The van der Waals surface area contributed by atoms with E-state index in [2.05, 4.69) is 21.8 Å². The maximum Gasteiger partial charge on any atom is 0.261 e. The number of aryl methyl sites for hydroxylation is 1. The highest BCUT2D eigenvalue weighted by Gasteiger charge is 2.44. The molecule has 7 rings (SSSR count). The summed E-state index contributed by atoms with van der Waals surface area (Å²) in [5.74, 6) is 2.29. The summed E-state index contributed by atoms with van der Waals surface area (Å²) in [6, 6.07) is 12.3. The molecule has 1 spiro atoms. The number of halogens is 1. The van der Waals surface area contributed by atoms with Crippen molar-refractivity contribution >= 4 is 35.1 Å². The lowest BCUT2D eigenvalue weighted by atomic mass is 9.68. The molecule has 5 nitrogen and oxygen atoms in total. The number of anilines is 1. The van der Waals surface area contributed by atoms with Crippen molar-refractivity contribution in [3.8, 4) is 5.75 Å². The monoisotopic (exact) mass is 566 g/mol. The third kappa shape index (κ3) is 4.85. The van der Waals surface area contributed by atoms with Crippen molar-refractivity contribution in [2.75, 3.05) is 24.6 Å². The fraction of sp³-hybridized carbons (Fsp3) is 0.594. The quantitative estimate of drug-likeness (QED) is 0.355. The van der Waals surface area contributed by atoms with Crippen LogP contribution in [0.5, 0.6) is 5.75 Å². The van der Waals surface area contributed by atoms with E-state index in [1.807, 2.05) is 24.3 Å². The van der Waals surface area contributed by atoms with Gasteiger partial charge in [-0.05, 0) is 129 Å². The number of hydrogen-bond acceptors (Lipinski definition) is 5. The van der Waals surface area contributed by atoms with Gasteiger partial charge in [0.1, 0.15) is 5.75 Å². The van der Waals surface area contributed by atoms with E-state index in [4.69, 9.17) is 16.3 Å². The molecule has 2 heterocycles. The SMILES string of the molecule is O=C1NS[C@@H]2CC[C@H]2CCC[C@H](O)[C@@H]2CC[C@H]2CN2C[C@@]3(CCCc4cc(Cl)ccc43)COc3ccc1cc32. The van der Waals surface area contributed by atoms with Gasteiger partial charge in [-0.2, -0.15) is 0 Å². The second-order valence-corrected chi connectivity index (χ2v) is 14.2. The van der Waals surface area contributed by atoms with Crippen LogP contribution in [0.25, 0.3) is 0 Å². The molecule has 2 saturated carbocycles. The average molecular weight is 567 g/mol. The molecular formula is C32H39ClN2O3S. The number of benzene rings is 2. The van der Waals surface area contributed by atoms with Crippen LogP contribution in [0.1, 0.15) is 79.3 Å². The maximum absolute atomic E-state index is 13.3. The molecule has 0 unspecified atom stereocenters. The Morgan fingerprint density at radius 2 is 1.92 bits per heavy atom. The van der Waals surface area contributed by atoms with Crippen LogP contribution in [0.2, 0.25) is 5.02 Å². The summed E-state index contributed by atoms with van der Waals surface area (Å²) < 4.78 is 9.77.